The number of hydrogen-bond acceptors (Lipinski definition) is 5. The molecule has 2 heterocycles. The van der Waals surface area contributed by atoms with Crippen LogP contribution >= 0.6 is 23.1 Å². The molecule has 3 aromatic rings. The molecule has 0 fully saturated rings. The van der Waals surface area contributed by atoms with E-state index >= 15 is 0 Å². The average Bonchev–Trinajstić information content (AvgIpc) is 3.23. The van der Waals surface area contributed by atoms with Crippen LogP contribution in [-0.4, -0.2) is 28.6 Å². The highest BCUT2D eigenvalue weighted by Gasteiger charge is 2.22. The Hall–Kier alpha value is -2.05. The lowest BCUT2D eigenvalue weighted by atomic mass is 10.1. The van der Waals surface area contributed by atoms with Crippen molar-refractivity contribution >= 4 is 45.8 Å². The van der Waals surface area contributed by atoms with Gasteiger partial charge in [-0.05, 0) is 24.4 Å². The molecule has 6 heteroatoms. The maximum Gasteiger partial charge on any atom is 0.316 e. The summed E-state index contributed by atoms with van der Waals surface area (Å²) in [6.07, 6.45) is 0.877. The first-order valence-corrected chi connectivity index (χ1v) is 9.58. The Morgan fingerprint density at radius 3 is 2.88 bits per heavy atom. The number of carbonyl (C=O) groups is 2. The van der Waals surface area contributed by atoms with Gasteiger partial charge < -0.3 is 9.72 Å². The monoisotopic (exact) mass is 359 g/mol. The van der Waals surface area contributed by atoms with Crippen LogP contribution in [0.4, 0.5) is 0 Å². The van der Waals surface area contributed by atoms with E-state index in [1.54, 1.807) is 24.5 Å². The molecule has 0 amide bonds. The number of benzene rings is 1. The number of esters is 1. The lowest BCUT2D eigenvalue weighted by Gasteiger charge is -2.11. The maximum atomic E-state index is 12.5. The Bertz CT molecular complexity index is 839. The summed E-state index contributed by atoms with van der Waals surface area (Å²) in [7, 11) is 0. The number of H-pyrrole nitrogens is 1. The Balaban J connectivity index is 1.54. The van der Waals surface area contributed by atoms with Crippen molar-refractivity contribution in [3.8, 4) is 0 Å². The lowest BCUT2D eigenvalue weighted by molar-refractivity contribution is -0.143. The van der Waals surface area contributed by atoms with Gasteiger partial charge >= 0.3 is 5.97 Å². The number of aromatic amines is 1. The van der Waals surface area contributed by atoms with Crippen LogP contribution in [0.1, 0.15) is 22.2 Å². The highest BCUT2D eigenvalue weighted by atomic mass is 32.2. The third-order valence-corrected chi connectivity index (χ3v) is 5.59. The van der Waals surface area contributed by atoms with E-state index in [1.807, 2.05) is 41.8 Å². The average molecular weight is 359 g/mol. The molecule has 24 heavy (non-hydrogen) atoms. The zero-order valence-electron chi connectivity index (χ0n) is 13.2. The second-order valence-electron chi connectivity index (χ2n) is 5.32. The SMILES string of the molecule is C[C@@H](OC(=O)CSCc1cccs1)C(=O)c1c[nH]c2ccccc12. The number of fused-ring (bicyclic) bond motifs is 1. The molecule has 0 aliphatic heterocycles. The summed E-state index contributed by atoms with van der Waals surface area (Å²) >= 11 is 3.15. The molecule has 4 nitrogen and oxygen atoms in total. The fourth-order valence-electron chi connectivity index (χ4n) is 2.41. The van der Waals surface area contributed by atoms with Crippen molar-refractivity contribution in [2.45, 2.75) is 18.8 Å². The predicted molar refractivity (Wildman–Crippen MR) is 98.7 cm³/mol. The molecule has 124 valence electrons. The fourth-order valence-corrected chi connectivity index (χ4v) is 4.05. The number of thiophene rings is 1. The van der Waals surface area contributed by atoms with Crippen LogP contribution in [0, 0.1) is 0 Å². The van der Waals surface area contributed by atoms with Crippen molar-refractivity contribution < 1.29 is 14.3 Å². The van der Waals surface area contributed by atoms with E-state index in [1.165, 1.54) is 16.6 Å². The van der Waals surface area contributed by atoms with Crippen LogP contribution in [-0.2, 0) is 15.3 Å². The minimum atomic E-state index is -0.793. The van der Waals surface area contributed by atoms with Crippen molar-refractivity contribution in [2.75, 3.05) is 5.75 Å². The Morgan fingerprint density at radius 2 is 2.08 bits per heavy atom. The molecule has 0 bridgehead atoms. The van der Waals surface area contributed by atoms with Crippen molar-refractivity contribution in [3.05, 3.63) is 58.4 Å². The second kappa shape index (κ2) is 7.68. The number of Topliss-reactive ketones (excluding diaryl/α,β-unsaturated/α-hetero) is 1. The van der Waals surface area contributed by atoms with Crippen molar-refractivity contribution in [2.24, 2.45) is 0 Å². The quantitative estimate of drug-likeness (QED) is 0.505. The molecule has 0 saturated heterocycles. The number of ether oxygens (including phenoxy) is 1. The highest BCUT2D eigenvalue weighted by molar-refractivity contribution is 7.99. The van der Waals surface area contributed by atoms with Crippen molar-refractivity contribution in [3.63, 3.8) is 0 Å². The first-order chi connectivity index (χ1) is 11.6. The topological polar surface area (TPSA) is 59.2 Å². The van der Waals surface area contributed by atoms with Crippen LogP contribution in [0.2, 0.25) is 0 Å². The number of thioether (sulfide) groups is 1. The molecular weight excluding hydrogens is 342 g/mol. The molecule has 0 aliphatic carbocycles. The summed E-state index contributed by atoms with van der Waals surface area (Å²) in [4.78, 5) is 28.7. The van der Waals surface area contributed by atoms with Gasteiger partial charge in [0.1, 0.15) is 0 Å². The highest BCUT2D eigenvalue weighted by Crippen LogP contribution is 2.21. The molecule has 0 spiro atoms. The number of aromatic nitrogens is 1. The van der Waals surface area contributed by atoms with Gasteiger partial charge in [-0.15, -0.1) is 23.1 Å². The molecule has 1 aromatic carbocycles. The van der Waals surface area contributed by atoms with Crippen LogP contribution in [0.25, 0.3) is 10.9 Å². The molecule has 1 atom stereocenters. The molecule has 0 unspecified atom stereocenters. The third-order valence-electron chi connectivity index (χ3n) is 3.58. The first-order valence-electron chi connectivity index (χ1n) is 7.55. The summed E-state index contributed by atoms with van der Waals surface area (Å²) in [5.41, 5.74) is 1.45. The molecule has 0 aliphatic rings. The zero-order valence-corrected chi connectivity index (χ0v) is 14.8. The molecule has 3 rings (SSSR count). The minimum absolute atomic E-state index is 0.191. The number of hydrogen-bond donors (Lipinski definition) is 1. The number of para-hydroxylation sites is 1. The van der Waals surface area contributed by atoms with Crippen molar-refractivity contribution in [1.29, 1.82) is 0 Å². The van der Waals surface area contributed by atoms with Gasteiger partial charge in [0.2, 0.25) is 5.78 Å². The Kier molecular flexibility index (Phi) is 5.37. The second-order valence-corrected chi connectivity index (χ2v) is 7.33. The normalized spacial score (nSPS) is 12.2. The molecule has 0 radical (unpaired) electrons. The number of ketones is 1. The summed E-state index contributed by atoms with van der Waals surface area (Å²) < 4.78 is 5.28. The fraction of sp³-hybridized carbons (Fsp3) is 0.222. The van der Waals surface area contributed by atoms with Gasteiger partial charge in [0, 0.05) is 33.3 Å². The molecule has 2 aromatic heterocycles. The first kappa shape index (κ1) is 16.8. The van der Waals surface area contributed by atoms with Gasteiger partial charge in [-0.25, -0.2) is 0 Å². The van der Waals surface area contributed by atoms with E-state index in [4.69, 9.17) is 4.74 Å². The summed E-state index contributed by atoms with van der Waals surface area (Å²) in [5, 5.41) is 2.85. The Morgan fingerprint density at radius 1 is 1.25 bits per heavy atom. The zero-order chi connectivity index (χ0) is 16.9. The van der Waals surface area contributed by atoms with E-state index in [2.05, 4.69) is 4.98 Å². The van der Waals surface area contributed by atoms with Gasteiger partial charge in [-0.1, -0.05) is 24.3 Å². The van der Waals surface area contributed by atoms with Gasteiger partial charge in [0.15, 0.2) is 6.10 Å². The van der Waals surface area contributed by atoms with Gasteiger partial charge in [-0.3, -0.25) is 9.59 Å². The van der Waals surface area contributed by atoms with Gasteiger partial charge in [0.25, 0.3) is 0 Å². The number of nitrogens with one attached hydrogen (secondary N) is 1. The van der Waals surface area contributed by atoms with E-state index in [0.717, 1.165) is 16.7 Å². The predicted octanol–water partition coefficient (Wildman–Crippen LogP) is 4.28. The van der Waals surface area contributed by atoms with Crippen LogP contribution in [0.5, 0.6) is 0 Å². The third kappa shape index (κ3) is 3.88. The van der Waals surface area contributed by atoms with Crippen LogP contribution in [0.3, 0.4) is 0 Å². The number of rotatable bonds is 7. The van der Waals surface area contributed by atoms with Gasteiger partial charge in [-0.2, -0.15) is 0 Å². The van der Waals surface area contributed by atoms with Crippen LogP contribution < -0.4 is 0 Å². The van der Waals surface area contributed by atoms with Gasteiger partial charge in [0.05, 0.1) is 5.75 Å². The van der Waals surface area contributed by atoms with E-state index in [0.29, 0.717) is 5.56 Å². The lowest BCUT2D eigenvalue weighted by Crippen LogP contribution is -2.25. The van der Waals surface area contributed by atoms with E-state index < -0.39 is 6.10 Å². The van der Waals surface area contributed by atoms with E-state index in [-0.39, 0.29) is 17.5 Å². The smallest absolute Gasteiger partial charge is 0.316 e. The summed E-state index contributed by atoms with van der Waals surface area (Å²) in [6.45, 7) is 1.62. The van der Waals surface area contributed by atoms with Crippen LogP contribution in [0.15, 0.2) is 48.0 Å². The van der Waals surface area contributed by atoms with Crippen molar-refractivity contribution in [1.82, 2.24) is 4.98 Å². The summed E-state index contributed by atoms with van der Waals surface area (Å²) in [5.74, 6) is 0.460. The molecule has 1 N–H and O–H groups in total. The Labute approximate surface area is 148 Å². The minimum Gasteiger partial charge on any atom is -0.454 e. The maximum absolute atomic E-state index is 12.5. The standard InChI is InChI=1S/C18H17NO3S2/c1-12(22-17(20)11-23-10-13-5-4-8-24-13)18(21)15-9-19-16-7-3-2-6-14(15)16/h2-9,12,19H,10-11H2,1H3/t12-/m1/s1. The largest absolute Gasteiger partial charge is 0.454 e. The molecular formula is C18H17NO3S2. The van der Waals surface area contributed by atoms with E-state index in [9.17, 15) is 9.59 Å². The number of carbonyl (C=O) groups excluding carboxylic acids is 2. The molecule has 0 saturated carbocycles. The summed E-state index contributed by atoms with van der Waals surface area (Å²) in [6, 6.07) is 11.6.